The zero-order valence-corrected chi connectivity index (χ0v) is 14.3. The number of nitrogens with one attached hydrogen (secondary N) is 1. The summed E-state index contributed by atoms with van der Waals surface area (Å²) in [7, 11) is 0. The molecular weight excluding hydrogens is 356 g/mol. The highest BCUT2D eigenvalue weighted by Gasteiger charge is 2.35. The largest absolute Gasteiger partial charge is 0.336 e. The lowest BCUT2D eigenvalue weighted by molar-refractivity contribution is -0.119. The molecule has 1 fully saturated rings. The second-order valence-electron chi connectivity index (χ2n) is 4.74. The molecule has 1 unspecified atom stereocenters. The van der Waals surface area contributed by atoms with E-state index >= 15 is 0 Å². The highest BCUT2D eigenvalue weighted by Crippen LogP contribution is 2.28. The molecule has 3 nitrogen and oxygen atoms in total. The molecule has 1 aliphatic rings. The van der Waals surface area contributed by atoms with Crippen molar-refractivity contribution < 1.29 is 4.79 Å². The average Bonchev–Trinajstić information content (AvgIpc) is 2.87. The van der Waals surface area contributed by atoms with Crippen LogP contribution >= 0.6 is 39.5 Å². The molecule has 1 aromatic carbocycles. The van der Waals surface area contributed by atoms with E-state index in [0.29, 0.717) is 11.5 Å². The van der Waals surface area contributed by atoms with Crippen LogP contribution in [0.4, 0.5) is 0 Å². The molecule has 1 saturated heterocycles. The lowest BCUT2D eigenvalue weighted by atomic mass is 10.0. The Morgan fingerprint density at radius 2 is 2.45 bits per heavy atom. The molecule has 6 heteroatoms. The van der Waals surface area contributed by atoms with Crippen molar-refractivity contribution in [1.29, 1.82) is 5.26 Å². The second kappa shape index (κ2) is 6.88. The predicted molar refractivity (Wildman–Crippen MR) is 88.0 cm³/mol. The number of nitrogens with zero attached hydrogens (tertiary/aromatic N) is 1. The predicted octanol–water partition coefficient (Wildman–Crippen LogP) is 3.37. The van der Waals surface area contributed by atoms with Gasteiger partial charge >= 0.3 is 0 Å². The maximum Gasteiger partial charge on any atom is 0.231 e. The SMILES string of the molecule is Cc1cc(Br)ccc1SCC(=O)NC1(C#N)CCSC1. The minimum Gasteiger partial charge on any atom is -0.336 e. The number of aryl methyl sites for hydroxylation is 1. The molecule has 0 saturated carbocycles. The molecule has 0 bridgehead atoms. The Morgan fingerprint density at radius 3 is 3.05 bits per heavy atom. The summed E-state index contributed by atoms with van der Waals surface area (Å²) in [4.78, 5) is 13.1. The van der Waals surface area contributed by atoms with Gasteiger partial charge in [-0.15, -0.1) is 11.8 Å². The van der Waals surface area contributed by atoms with E-state index in [1.165, 1.54) is 11.8 Å². The van der Waals surface area contributed by atoms with Crippen LogP contribution in [-0.4, -0.2) is 28.7 Å². The molecule has 2 rings (SSSR count). The van der Waals surface area contributed by atoms with Crippen LogP contribution in [0.3, 0.4) is 0 Å². The smallest absolute Gasteiger partial charge is 0.231 e. The number of halogens is 1. The maximum atomic E-state index is 12.0. The highest BCUT2D eigenvalue weighted by molar-refractivity contribution is 9.10. The first-order chi connectivity index (χ1) is 9.54. The lowest BCUT2D eigenvalue weighted by Crippen LogP contribution is -2.48. The Kier molecular flexibility index (Phi) is 5.42. The van der Waals surface area contributed by atoms with Crippen molar-refractivity contribution in [3.05, 3.63) is 28.2 Å². The van der Waals surface area contributed by atoms with Gasteiger partial charge < -0.3 is 5.32 Å². The van der Waals surface area contributed by atoms with Gasteiger partial charge in [-0.2, -0.15) is 17.0 Å². The van der Waals surface area contributed by atoms with E-state index in [-0.39, 0.29) is 5.91 Å². The van der Waals surface area contributed by atoms with Crippen LogP contribution in [0, 0.1) is 18.3 Å². The van der Waals surface area contributed by atoms with Crippen molar-refractivity contribution in [2.75, 3.05) is 17.3 Å². The van der Waals surface area contributed by atoms with Gasteiger partial charge in [-0.3, -0.25) is 4.79 Å². The average molecular weight is 371 g/mol. The fraction of sp³-hybridized carbons (Fsp3) is 0.429. The minimum atomic E-state index is -0.656. The van der Waals surface area contributed by atoms with Gasteiger partial charge in [-0.05, 0) is 42.9 Å². The van der Waals surface area contributed by atoms with Gasteiger partial charge in [0.2, 0.25) is 5.91 Å². The number of nitriles is 1. The summed E-state index contributed by atoms with van der Waals surface area (Å²) in [6.45, 7) is 2.02. The first kappa shape index (κ1) is 15.7. The number of amides is 1. The Morgan fingerprint density at radius 1 is 1.65 bits per heavy atom. The maximum absolute atomic E-state index is 12.0. The summed E-state index contributed by atoms with van der Waals surface area (Å²) in [5.41, 5.74) is 0.487. The third-order valence-corrected chi connectivity index (χ3v) is 5.97. The molecule has 1 aromatic rings. The lowest BCUT2D eigenvalue weighted by Gasteiger charge is -2.21. The Hall–Kier alpha value is -0.640. The van der Waals surface area contributed by atoms with Gasteiger partial charge in [0.1, 0.15) is 5.54 Å². The standard InChI is InChI=1S/C14H15BrN2OS2/c1-10-6-11(15)2-3-12(10)20-7-13(18)17-14(8-16)4-5-19-9-14/h2-3,6H,4-5,7,9H2,1H3,(H,17,18). The van der Waals surface area contributed by atoms with Crippen LogP contribution < -0.4 is 5.32 Å². The van der Waals surface area contributed by atoms with Gasteiger partial charge in [-0.25, -0.2) is 0 Å². The van der Waals surface area contributed by atoms with Crippen LogP contribution in [0.2, 0.25) is 0 Å². The zero-order chi connectivity index (χ0) is 14.6. The summed E-state index contributed by atoms with van der Waals surface area (Å²) in [6.07, 6.45) is 0.738. The molecule has 0 spiro atoms. The molecule has 106 valence electrons. The topological polar surface area (TPSA) is 52.9 Å². The number of benzene rings is 1. The Bertz CT molecular complexity index is 551. The van der Waals surface area contributed by atoms with E-state index in [4.69, 9.17) is 0 Å². The van der Waals surface area contributed by atoms with Crippen molar-refractivity contribution in [3.8, 4) is 6.07 Å². The fourth-order valence-electron chi connectivity index (χ4n) is 2.00. The third-order valence-electron chi connectivity index (χ3n) is 3.11. The Balaban J connectivity index is 1.91. The van der Waals surface area contributed by atoms with E-state index in [2.05, 4.69) is 27.3 Å². The van der Waals surface area contributed by atoms with Crippen molar-refractivity contribution in [2.45, 2.75) is 23.8 Å². The van der Waals surface area contributed by atoms with Crippen molar-refractivity contribution >= 4 is 45.4 Å². The van der Waals surface area contributed by atoms with Crippen molar-refractivity contribution in [2.24, 2.45) is 0 Å². The monoisotopic (exact) mass is 370 g/mol. The number of carbonyl (C=O) groups excluding carboxylic acids is 1. The summed E-state index contributed by atoms with van der Waals surface area (Å²) in [5.74, 6) is 1.90. The summed E-state index contributed by atoms with van der Waals surface area (Å²) >= 11 is 6.65. The van der Waals surface area contributed by atoms with Gasteiger partial charge in [0, 0.05) is 15.1 Å². The van der Waals surface area contributed by atoms with Gasteiger partial charge in [0.05, 0.1) is 11.8 Å². The number of rotatable bonds is 4. The summed E-state index contributed by atoms with van der Waals surface area (Å²) < 4.78 is 1.04. The number of hydrogen-bond acceptors (Lipinski definition) is 4. The van der Waals surface area contributed by atoms with Crippen LogP contribution in [0.15, 0.2) is 27.6 Å². The molecule has 1 N–H and O–H groups in total. The molecule has 1 amide bonds. The molecule has 1 aliphatic heterocycles. The van der Waals surface area contributed by atoms with Crippen molar-refractivity contribution in [1.82, 2.24) is 5.32 Å². The Labute approximate surface area is 136 Å². The number of thioether (sulfide) groups is 2. The third kappa shape index (κ3) is 3.94. The first-order valence-electron chi connectivity index (χ1n) is 6.24. The van der Waals surface area contributed by atoms with Gasteiger partial charge in [0.25, 0.3) is 0 Å². The fourth-order valence-corrected chi connectivity index (χ4v) is 4.55. The van der Waals surface area contributed by atoms with E-state index in [0.717, 1.165) is 27.1 Å². The quantitative estimate of drug-likeness (QED) is 0.825. The second-order valence-corrected chi connectivity index (χ2v) is 7.78. The van der Waals surface area contributed by atoms with Gasteiger partial charge in [-0.1, -0.05) is 15.9 Å². The van der Waals surface area contributed by atoms with E-state index in [9.17, 15) is 10.1 Å². The summed E-state index contributed by atoms with van der Waals surface area (Å²) in [6, 6.07) is 8.26. The van der Waals surface area contributed by atoms with E-state index < -0.39 is 5.54 Å². The normalized spacial score (nSPS) is 21.4. The van der Waals surface area contributed by atoms with Gasteiger partial charge in [0.15, 0.2) is 0 Å². The van der Waals surface area contributed by atoms with E-state index in [1.807, 2.05) is 25.1 Å². The molecule has 20 heavy (non-hydrogen) atoms. The molecule has 0 aliphatic carbocycles. The van der Waals surface area contributed by atoms with Crippen LogP contribution in [-0.2, 0) is 4.79 Å². The molecule has 1 heterocycles. The molecule has 0 aromatic heterocycles. The first-order valence-corrected chi connectivity index (χ1v) is 9.17. The van der Waals surface area contributed by atoms with Crippen LogP contribution in [0.1, 0.15) is 12.0 Å². The summed E-state index contributed by atoms with van der Waals surface area (Å²) in [5, 5.41) is 12.1. The number of carbonyl (C=O) groups is 1. The van der Waals surface area contributed by atoms with E-state index in [1.54, 1.807) is 11.8 Å². The zero-order valence-electron chi connectivity index (χ0n) is 11.1. The number of hydrogen-bond donors (Lipinski definition) is 1. The molecular formula is C14H15BrN2OS2. The molecule has 0 radical (unpaired) electrons. The minimum absolute atomic E-state index is 0.0682. The van der Waals surface area contributed by atoms with Crippen LogP contribution in [0.5, 0.6) is 0 Å². The van der Waals surface area contributed by atoms with Crippen LogP contribution in [0.25, 0.3) is 0 Å². The van der Waals surface area contributed by atoms with Crippen molar-refractivity contribution in [3.63, 3.8) is 0 Å². The highest BCUT2D eigenvalue weighted by atomic mass is 79.9. The molecule has 1 atom stereocenters.